The third kappa shape index (κ3) is 23.7. The van der Waals surface area contributed by atoms with Gasteiger partial charge in [-0.05, 0) is 118 Å². The van der Waals surface area contributed by atoms with Crippen LogP contribution in [0.2, 0.25) is 0 Å². The number of nitrogens with one attached hydrogen (secondary N) is 9. The number of carboxylic acids is 3. The summed E-state index contributed by atoms with van der Waals surface area (Å²) in [6.07, 6.45) is 2.52. The van der Waals surface area contributed by atoms with Crippen molar-refractivity contribution in [2.75, 3.05) is 103 Å². The molecule has 0 aromatic heterocycles. The number of anilines is 1. The van der Waals surface area contributed by atoms with Gasteiger partial charge in [0.2, 0.25) is 29.5 Å². The van der Waals surface area contributed by atoms with Crippen molar-refractivity contribution in [2.45, 2.75) is 88.4 Å². The van der Waals surface area contributed by atoms with Crippen molar-refractivity contribution in [1.29, 1.82) is 5.41 Å². The van der Waals surface area contributed by atoms with Gasteiger partial charge in [0.25, 0.3) is 0 Å². The molecule has 79 heavy (non-hydrogen) atoms. The summed E-state index contributed by atoms with van der Waals surface area (Å²) in [5, 5.41) is 68.1. The number of phenolic OH excluding ortho intramolecular Hbond substituents is 1. The number of aromatic hydroxyl groups is 1. The fraction of sp³-hybridized carbons (Fsp3) is 0.577. The molecule has 0 spiro atoms. The Morgan fingerprint density at radius 1 is 0.608 bits per heavy atom. The van der Waals surface area contributed by atoms with Crippen molar-refractivity contribution >= 4 is 76.4 Å². The van der Waals surface area contributed by atoms with Crippen molar-refractivity contribution in [3.63, 3.8) is 0 Å². The molecule has 27 heteroatoms. The number of nitrogens with zero attached hydrogens (tertiary/aromatic N) is 4. The third-order valence-electron chi connectivity index (χ3n) is 13.8. The molecule has 5 rings (SSSR count). The molecular weight excluding hydrogens is 1040 g/mol. The van der Waals surface area contributed by atoms with E-state index in [1.165, 1.54) is 24.3 Å². The standard InChI is InChI=1S/C52H78N14O12S/c53-51(54)55-17-3-7-39-47(75)57-29-43(68)59-42(28-44(69)70)50(78)62-41(27-35-10-14-38(67)15-11-35)49(77)61-40(48(76)60-39)6-1-2-16-56-52(79)58-37-12-8-34(9-13-37)26-36-30-63-18-4-20-65(32-45(71)72)24-23-64(31-36)19-5-21-66(25-22-63)33-46(73)74/h8-15,36,39-42,67H,1-7,16-33H2,(H,57,75)(H,59,68)(H,60,76)(H,61,77)(H,62,78)(H,69,70)(H,71,72)(H,73,74)(H4,53,54,55)(H2,56,58,79)/t39-,40-,41+,42-/m0/s1. The molecule has 3 aliphatic rings. The summed E-state index contributed by atoms with van der Waals surface area (Å²) in [5.74, 6) is -7.46. The van der Waals surface area contributed by atoms with E-state index in [4.69, 9.17) is 23.4 Å². The van der Waals surface area contributed by atoms with Crippen LogP contribution in [0.25, 0.3) is 0 Å². The zero-order chi connectivity index (χ0) is 57.3. The highest BCUT2D eigenvalue weighted by atomic mass is 32.1. The third-order valence-corrected chi connectivity index (χ3v) is 14.0. The molecule has 3 heterocycles. The lowest BCUT2D eigenvalue weighted by Gasteiger charge is -2.31. The van der Waals surface area contributed by atoms with E-state index in [-0.39, 0.29) is 62.9 Å². The van der Waals surface area contributed by atoms with Gasteiger partial charge in [-0.15, -0.1) is 0 Å². The molecule has 2 bridgehead atoms. The maximum absolute atomic E-state index is 14.2. The monoisotopic (exact) mass is 1120 g/mol. The number of nitrogens with two attached hydrogens (primary N) is 1. The predicted molar refractivity (Wildman–Crippen MR) is 296 cm³/mol. The molecule has 26 nitrogen and oxygen atoms in total. The zero-order valence-electron chi connectivity index (χ0n) is 44.5. The SMILES string of the molecule is N=C(N)NCCC[C@@H]1NC(=O)[C@H](CCCCNC(=S)Nc2ccc(CC3CN4CCCN(CC(=O)O)CCN(CCCN(CC(=O)O)CC4)C3)cc2)NC(=O)[C@@H](Cc2ccc(O)cc2)NC(=O)[C@H](CC(=O)O)NC(=O)CNC1=O. The van der Waals surface area contributed by atoms with Crippen LogP contribution in [-0.4, -0.2) is 221 Å². The number of carbonyl (C=O) groups excluding carboxylic acids is 5. The molecule has 6 atom stereocenters. The van der Waals surface area contributed by atoms with Gasteiger partial charge in [-0.25, -0.2) is 0 Å². The Balaban J connectivity index is 1.23. The average molecular weight is 1120 g/mol. The first-order valence-corrected chi connectivity index (χ1v) is 27.2. The topological polar surface area (TPSA) is 377 Å². The molecule has 2 unspecified atom stereocenters. The van der Waals surface area contributed by atoms with Crippen LogP contribution in [0.15, 0.2) is 48.5 Å². The van der Waals surface area contributed by atoms with Crippen LogP contribution in [0.1, 0.15) is 62.5 Å². The maximum atomic E-state index is 14.2. The van der Waals surface area contributed by atoms with E-state index in [2.05, 4.69) is 64.5 Å². The predicted octanol–water partition coefficient (Wildman–Crippen LogP) is -1.76. The van der Waals surface area contributed by atoms with E-state index in [1.54, 1.807) is 0 Å². The van der Waals surface area contributed by atoms with Crippen LogP contribution in [0.5, 0.6) is 5.75 Å². The number of rotatable bonds is 20. The second-order valence-electron chi connectivity index (χ2n) is 20.3. The van der Waals surface area contributed by atoms with Gasteiger partial charge in [0.15, 0.2) is 11.1 Å². The number of aliphatic carboxylic acids is 3. The Morgan fingerprint density at radius 2 is 1.13 bits per heavy atom. The highest BCUT2D eigenvalue weighted by molar-refractivity contribution is 7.80. The van der Waals surface area contributed by atoms with E-state index in [0.717, 1.165) is 56.7 Å². The number of guanidine groups is 1. The molecular formula is C52H78N14O12S. The number of phenols is 1. The minimum atomic E-state index is -1.65. The Morgan fingerprint density at radius 3 is 1.71 bits per heavy atom. The van der Waals surface area contributed by atoms with E-state index in [0.29, 0.717) is 69.3 Å². The lowest BCUT2D eigenvalue weighted by Crippen LogP contribution is -2.58. The molecule has 5 amide bonds. The van der Waals surface area contributed by atoms with Gasteiger partial charge in [0.05, 0.1) is 26.1 Å². The van der Waals surface area contributed by atoms with Crippen LogP contribution < -0.4 is 48.3 Å². The number of benzene rings is 2. The number of fused-ring (bicyclic) bond motifs is 4. The quantitative estimate of drug-likeness (QED) is 0.0302. The van der Waals surface area contributed by atoms with Crippen molar-refractivity contribution in [3.05, 3.63) is 59.7 Å². The maximum Gasteiger partial charge on any atom is 0.317 e. The second kappa shape index (κ2) is 32.6. The number of amides is 5. The van der Waals surface area contributed by atoms with Gasteiger partial charge in [0.1, 0.15) is 29.9 Å². The molecule has 3 saturated heterocycles. The van der Waals surface area contributed by atoms with E-state index in [9.17, 15) is 58.8 Å². The molecule has 3 fully saturated rings. The minimum absolute atomic E-state index is 0.0121. The molecule has 434 valence electrons. The van der Waals surface area contributed by atoms with Crippen LogP contribution in [0.4, 0.5) is 5.69 Å². The number of hydrogen-bond acceptors (Lipinski definition) is 15. The minimum Gasteiger partial charge on any atom is -0.508 e. The van der Waals surface area contributed by atoms with Crippen molar-refractivity contribution in [1.82, 2.24) is 56.8 Å². The van der Waals surface area contributed by atoms with Gasteiger partial charge in [-0.3, -0.25) is 53.6 Å². The molecule has 0 saturated carbocycles. The average Bonchev–Trinajstić information content (AvgIpc) is 3.46. The Kier molecular flexibility index (Phi) is 25.9. The zero-order valence-corrected chi connectivity index (χ0v) is 45.3. The lowest BCUT2D eigenvalue weighted by atomic mass is 9.97. The van der Waals surface area contributed by atoms with E-state index < -0.39 is 84.6 Å². The van der Waals surface area contributed by atoms with Crippen LogP contribution in [0.3, 0.4) is 0 Å². The number of hydrogen-bond donors (Lipinski definition) is 14. The molecule has 0 radical (unpaired) electrons. The summed E-state index contributed by atoms with van der Waals surface area (Å²) in [6, 6.07) is 8.29. The summed E-state index contributed by atoms with van der Waals surface area (Å²) < 4.78 is 0. The summed E-state index contributed by atoms with van der Waals surface area (Å²) in [4.78, 5) is 112. The summed E-state index contributed by atoms with van der Waals surface area (Å²) >= 11 is 5.64. The van der Waals surface area contributed by atoms with E-state index >= 15 is 0 Å². The Hall–Kier alpha value is -7.20. The fourth-order valence-corrected chi connectivity index (χ4v) is 10.0. The summed E-state index contributed by atoms with van der Waals surface area (Å²) in [6.45, 7) is 6.98. The fourth-order valence-electron chi connectivity index (χ4n) is 9.82. The first-order chi connectivity index (χ1) is 37.8. The lowest BCUT2D eigenvalue weighted by molar-refractivity contribution is -0.141. The normalized spacial score (nSPS) is 23.5. The highest BCUT2D eigenvalue weighted by Gasteiger charge is 2.33. The first kappa shape index (κ1) is 62.6. The van der Waals surface area contributed by atoms with Gasteiger partial charge in [0, 0.05) is 77.6 Å². The van der Waals surface area contributed by atoms with Gasteiger partial charge >= 0.3 is 17.9 Å². The summed E-state index contributed by atoms with van der Waals surface area (Å²) in [7, 11) is 0. The first-order valence-electron chi connectivity index (χ1n) is 26.8. The highest BCUT2D eigenvalue weighted by Crippen LogP contribution is 2.19. The van der Waals surface area contributed by atoms with E-state index in [1.807, 2.05) is 21.9 Å². The van der Waals surface area contributed by atoms with Gasteiger partial charge in [-0.1, -0.05) is 24.3 Å². The van der Waals surface area contributed by atoms with Gasteiger partial charge < -0.3 is 78.5 Å². The molecule has 2 aromatic rings. The second-order valence-corrected chi connectivity index (χ2v) is 20.7. The van der Waals surface area contributed by atoms with Crippen molar-refractivity contribution < 1.29 is 58.8 Å². The molecule has 2 aromatic carbocycles. The van der Waals surface area contributed by atoms with Crippen LogP contribution >= 0.6 is 12.2 Å². The number of thiocarbonyl (C=S) groups is 1. The number of unbranched alkanes of at least 4 members (excludes halogenated alkanes) is 1. The molecule has 15 N–H and O–H groups in total. The molecule has 0 aliphatic carbocycles. The van der Waals surface area contributed by atoms with Crippen molar-refractivity contribution in [2.24, 2.45) is 11.7 Å². The molecule has 3 aliphatic heterocycles. The van der Waals surface area contributed by atoms with Crippen LogP contribution in [-0.2, 0) is 51.2 Å². The Bertz CT molecular complexity index is 2360. The summed E-state index contributed by atoms with van der Waals surface area (Å²) in [5.41, 5.74) is 7.79. The largest absolute Gasteiger partial charge is 0.508 e. The number of carbonyl (C=O) groups is 8. The Labute approximate surface area is 464 Å². The van der Waals surface area contributed by atoms with Gasteiger partial charge in [-0.2, -0.15) is 0 Å². The smallest absolute Gasteiger partial charge is 0.317 e. The number of carboxylic acid groups (broad SMARTS) is 3. The van der Waals surface area contributed by atoms with Crippen molar-refractivity contribution in [3.8, 4) is 5.75 Å². The van der Waals surface area contributed by atoms with Crippen LogP contribution in [0, 0.1) is 11.3 Å².